The van der Waals surface area contributed by atoms with Crippen molar-refractivity contribution in [1.82, 2.24) is 15.5 Å². The standard InChI is InChI=1S/C14H15BN4O6/c16-6-12-19-18-11(24-12)5-10(20)17-9-4-7-2-1-3-8(14(21)22)13(7)25-15(9)23/h1-3,9,23H,4-6,16H2,(H,17,20)(H,21,22)/t9-/m0/s1. The lowest BCUT2D eigenvalue weighted by Gasteiger charge is -2.28. The highest BCUT2D eigenvalue weighted by Gasteiger charge is 2.37. The van der Waals surface area contributed by atoms with Crippen molar-refractivity contribution in [1.29, 1.82) is 0 Å². The number of nitrogens with one attached hydrogen (secondary N) is 1. The average molecular weight is 346 g/mol. The summed E-state index contributed by atoms with van der Waals surface area (Å²) in [4.78, 5) is 23.3. The number of amides is 1. The summed E-state index contributed by atoms with van der Waals surface area (Å²) in [5.74, 6) is -1.90. The van der Waals surface area contributed by atoms with Gasteiger partial charge in [-0.25, -0.2) is 4.79 Å². The van der Waals surface area contributed by atoms with Crippen molar-refractivity contribution >= 4 is 19.0 Å². The highest BCUT2D eigenvalue weighted by Crippen LogP contribution is 2.30. The number of hydrogen-bond donors (Lipinski definition) is 4. The molecule has 1 amide bonds. The number of nitrogens with zero attached hydrogens (tertiary/aromatic N) is 2. The number of benzene rings is 1. The van der Waals surface area contributed by atoms with E-state index in [4.69, 9.17) is 19.9 Å². The van der Waals surface area contributed by atoms with E-state index in [-0.39, 0.29) is 42.5 Å². The van der Waals surface area contributed by atoms with Crippen LogP contribution in [-0.4, -0.2) is 45.3 Å². The molecule has 1 aliphatic rings. The van der Waals surface area contributed by atoms with Crippen LogP contribution < -0.4 is 15.7 Å². The van der Waals surface area contributed by atoms with Crippen LogP contribution in [0.3, 0.4) is 0 Å². The van der Waals surface area contributed by atoms with Crippen LogP contribution in [0.15, 0.2) is 22.6 Å². The SMILES string of the molecule is NCc1nnc(CC(=O)N[C@H]2Cc3cccc(C(=O)O)c3OB2O)o1. The van der Waals surface area contributed by atoms with Gasteiger partial charge in [0, 0.05) is 0 Å². The number of aromatic nitrogens is 2. The lowest BCUT2D eigenvalue weighted by Crippen LogP contribution is -2.53. The molecule has 1 aliphatic heterocycles. The van der Waals surface area contributed by atoms with Crippen molar-refractivity contribution < 1.29 is 28.8 Å². The fourth-order valence-electron chi connectivity index (χ4n) is 2.55. The van der Waals surface area contributed by atoms with Crippen LogP contribution in [0, 0.1) is 0 Å². The van der Waals surface area contributed by atoms with Gasteiger partial charge in [0.15, 0.2) is 0 Å². The maximum Gasteiger partial charge on any atom is 0.547 e. The number of hydrogen-bond acceptors (Lipinski definition) is 8. The second-order valence-corrected chi connectivity index (χ2v) is 5.46. The molecule has 25 heavy (non-hydrogen) atoms. The van der Waals surface area contributed by atoms with E-state index in [1.807, 2.05) is 0 Å². The average Bonchev–Trinajstić information content (AvgIpc) is 3.02. The molecular weight excluding hydrogens is 331 g/mol. The summed E-state index contributed by atoms with van der Waals surface area (Å²) in [5.41, 5.74) is 5.89. The smallest absolute Gasteiger partial charge is 0.534 e. The molecule has 0 saturated heterocycles. The Kier molecular flexibility index (Phi) is 4.68. The summed E-state index contributed by atoms with van der Waals surface area (Å²) >= 11 is 0. The second-order valence-electron chi connectivity index (χ2n) is 5.46. The largest absolute Gasteiger partial charge is 0.547 e. The fraction of sp³-hybridized carbons (Fsp3) is 0.286. The van der Waals surface area contributed by atoms with Crippen molar-refractivity contribution in [3.05, 3.63) is 41.1 Å². The first-order valence-corrected chi connectivity index (χ1v) is 7.48. The summed E-state index contributed by atoms with van der Waals surface area (Å²) < 4.78 is 10.5. The van der Waals surface area contributed by atoms with Gasteiger partial charge in [0.25, 0.3) is 0 Å². The third-order valence-electron chi connectivity index (χ3n) is 3.69. The summed E-state index contributed by atoms with van der Waals surface area (Å²) in [6.45, 7) is 0.0759. The molecule has 2 aromatic rings. The van der Waals surface area contributed by atoms with Crippen molar-refractivity contribution in [3.8, 4) is 5.75 Å². The van der Waals surface area contributed by atoms with E-state index in [1.54, 1.807) is 12.1 Å². The van der Waals surface area contributed by atoms with E-state index in [9.17, 15) is 14.6 Å². The summed E-state index contributed by atoms with van der Waals surface area (Å²) in [5, 5.41) is 29.2. The van der Waals surface area contributed by atoms with Crippen molar-refractivity contribution in [2.45, 2.75) is 25.3 Å². The van der Waals surface area contributed by atoms with E-state index in [0.29, 0.717) is 5.56 Å². The topological polar surface area (TPSA) is 161 Å². The zero-order valence-electron chi connectivity index (χ0n) is 13.0. The second kappa shape index (κ2) is 6.91. The molecule has 11 heteroatoms. The van der Waals surface area contributed by atoms with Gasteiger partial charge in [0.2, 0.25) is 17.7 Å². The highest BCUT2D eigenvalue weighted by molar-refractivity contribution is 6.47. The number of carbonyl (C=O) groups is 2. The maximum absolute atomic E-state index is 12.1. The number of nitrogens with two attached hydrogens (primary N) is 1. The van der Waals surface area contributed by atoms with Crippen LogP contribution in [0.1, 0.15) is 27.7 Å². The third-order valence-corrected chi connectivity index (χ3v) is 3.69. The van der Waals surface area contributed by atoms with Crippen LogP contribution in [-0.2, 0) is 24.2 Å². The van der Waals surface area contributed by atoms with E-state index in [2.05, 4.69) is 15.5 Å². The minimum absolute atomic E-state index is 0.0403. The van der Waals surface area contributed by atoms with Gasteiger partial charge in [-0.2, -0.15) is 0 Å². The molecule has 0 unspecified atom stereocenters. The third kappa shape index (κ3) is 3.62. The van der Waals surface area contributed by atoms with Crippen LogP contribution >= 0.6 is 0 Å². The Morgan fingerprint density at radius 3 is 2.80 bits per heavy atom. The van der Waals surface area contributed by atoms with E-state index < -0.39 is 24.9 Å². The summed E-state index contributed by atoms with van der Waals surface area (Å²) in [6, 6.07) is 4.64. The van der Waals surface area contributed by atoms with Crippen molar-refractivity contribution in [3.63, 3.8) is 0 Å². The molecule has 5 N–H and O–H groups in total. The van der Waals surface area contributed by atoms with Gasteiger partial charge in [-0.1, -0.05) is 12.1 Å². The molecule has 0 saturated carbocycles. The molecule has 0 radical (unpaired) electrons. The minimum atomic E-state index is -1.38. The van der Waals surface area contributed by atoms with Gasteiger partial charge < -0.3 is 30.3 Å². The lowest BCUT2D eigenvalue weighted by molar-refractivity contribution is -0.121. The number of rotatable bonds is 5. The predicted octanol–water partition coefficient (Wildman–Crippen LogP) is -1.09. The van der Waals surface area contributed by atoms with Crippen LogP contribution in [0.2, 0.25) is 0 Å². The number of carboxylic acids is 1. The molecule has 0 fully saturated rings. The molecule has 3 rings (SSSR count). The van der Waals surface area contributed by atoms with E-state index in [0.717, 1.165) is 0 Å². The summed E-state index contributed by atoms with van der Waals surface area (Å²) in [7, 11) is -1.38. The van der Waals surface area contributed by atoms with Crippen molar-refractivity contribution in [2.75, 3.05) is 0 Å². The Morgan fingerprint density at radius 1 is 1.36 bits per heavy atom. The predicted molar refractivity (Wildman–Crippen MR) is 83.5 cm³/mol. The number of carboxylic acid groups (broad SMARTS) is 1. The zero-order valence-corrected chi connectivity index (χ0v) is 13.0. The number of carbonyl (C=O) groups excluding carboxylic acids is 1. The molecule has 0 aliphatic carbocycles. The van der Waals surface area contributed by atoms with Crippen LogP contribution in [0.4, 0.5) is 0 Å². The normalized spacial score (nSPS) is 16.1. The molecule has 0 spiro atoms. The maximum atomic E-state index is 12.1. The lowest BCUT2D eigenvalue weighted by atomic mass is 9.72. The van der Waals surface area contributed by atoms with Gasteiger partial charge in [0.05, 0.1) is 18.0 Å². The minimum Gasteiger partial charge on any atom is -0.534 e. The number of aromatic carboxylic acids is 1. The Labute approximate surface area is 142 Å². The Hall–Kier alpha value is -2.92. The highest BCUT2D eigenvalue weighted by atomic mass is 16.5. The quantitative estimate of drug-likeness (QED) is 0.493. The fourth-order valence-corrected chi connectivity index (χ4v) is 2.55. The number of fused-ring (bicyclic) bond motifs is 1. The van der Waals surface area contributed by atoms with Gasteiger partial charge in [-0.3, -0.25) is 4.79 Å². The Balaban J connectivity index is 1.68. The number of para-hydroxylation sites is 1. The van der Waals surface area contributed by atoms with E-state index in [1.165, 1.54) is 6.07 Å². The van der Waals surface area contributed by atoms with Crippen molar-refractivity contribution in [2.24, 2.45) is 5.73 Å². The van der Waals surface area contributed by atoms with Crippen LogP contribution in [0.5, 0.6) is 5.75 Å². The molecule has 10 nitrogen and oxygen atoms in total. The molecule has 1 aromatic heterocycles. The first kappa shape index (κ1) is 16.9. The Bertz CT molecular complexity index is 810. The Morgan fingerprint density at radius 2 is 2.12 bits per heavy atom. The first-order valence-electron chi connectivity index (χ1n) is 7.48. The molecule has 2 heterocycles. The first-order chi connectivity index (χ1) is 12.0. The monoisotopic (exact) mass is 346 g/mol. The molecular formula is C14H15BN4O6. The molecule has 1 atom stereocenters. The molecule has 0 bridgehead atoms. The van der Waals surface area contributed by atoms with Gasteiger partial charge in [0.1, 0.15) is 12.2 Å². The molecule has 1 aromatic carbocycles. The zero-order chi connectivity index (χ0) is 18.0. The summed E-state index contributed by atoms with van der Waals surface area (Å²) in [6.07, 6.45) is 0.0550. The molecule has 130 valence electrons. The van der Waals surface area contributed by atoms with Gasteiger partial charge in [-0.05, 0) is 18.1 Å². The van der Waals surface area contributed by atoms with Gasteiger partial charge in [-0.15, -0.1) is 10.2 Å². The van der Waals surface area contributed by atoms with Crippen LogP contribution in [0.25, 0.3) is 0 Å². The van der Waals surface area contributed by atoms with E-state index >= 15 is 0 Å². The van der Waals surface area contributed by atoms with Gasteiger partial charge >= 0.3 is 13.1 Å².